The van der Waals surface area contributed by atoms with E-state index in [2.05, 4.69) is 0 Å². The first-order valence-corrected chi connectivity index (χ1v) is 14.3. The minimum Gasteiger partial charge on any atom is -0.493 e. The van der Waals surface area contributed by atoms with Gasteiger partial charge < -0.3 is 56.8 Å². The fraction of sp³-hybridized carbons (Fsp3) is 0.364. The molecule has 0 spiro atoms. The fourth-order valence-electron chi connectivity index (χ4n) is 4.63. The zero-order chi connectivity index (χ0) is 34.8. The molecule has 0 fully saturated rings. The lowest BCUT2D eigenvalue weighted by molar-refractivity contribution is -0.0254. The Bertz CT molecular complexity index is 1500. The predicted molar refractivity (Wildman–Crippen MR) is 166 cm³/mol. The van der Waals surface area contributed by atoms with Gasteiger partial charge >= 0.3 is 17.9 Å². The van der Waals surface area contributed by atoms with E-state index in [0.29, 0.717) is 18.1 Å². The number of rotatable bonds is 15. The molecule has 3 aromatic carbocycles. The molecule has 0 saturated carbocycles. The Balaban J connectivity index is 1.57. The SMILES string of the molecule is COc1cc(C(=O)OCC(COC(=O)c2cc(OC)c3c(c2)OCCO3)OC(=O)c2cc(OC)c(OC)c(OC)c2)cc(OC)c1OC. The first-order chi connectivity index (χ1) is 23.2. The van der Waals surface area contributed by atoms with Gasteiger partial charge in [0.2, 0.25) is 17.2 Å². The highest BCUT2D eigenvalue weighted by Crippen LogP contribution is 2.41. The van der Waals surface area contributed by atoms with Crippen LogP contribution in [0.3, 0.4) is 0 Å². The highest BCUT2D eigenvalue weighted by Gasteiger charge is 2.27. The molecule has 0 bridgehead atoms. The van der Waals surface area contributed by atoms with Gasteiger partial charge in [0, 0.05) is 0 Å². The molecule has 1 atom stereocenters. The van der Waals surface area contributed by atoms with Gasteiger partial charge in [0.05, 0.1) is 66.5 Å². The maximum atomic E-state index is 13.4. The van der Waals surface area contributed by atoms with Gasteiger partial charge in [0.25, 0.3) is 0 Å². The summed E-state index contributed by atoms with van der Waals surface area (Å²) in [6.45, 7) is -0.413. The first-order valence-electron chi connectivity index (χ1n) is 14.3. The van der Waals surface area contributed by atoms with E-state index >= 15 is 0 Å². The number of methoxy groups -OCH3 is 7. The van der Waals surface area contributed by atoms with E-state index in [4.69, 9.17) is 56.8 Å². The highest BCUT2D eigenvalue weighted by atomic mass is 16.6. The second kappa shape index (κ2) is 16.2. The largest absolute Gasteiger partial charge is 0.493 e. The van der Waals surface area contributed by atoms with Crippen LogP contribution in [0.25, 0.3) is 0 Å². The number of benzene rings is 3. The van der Waals surface area contributed by atoms with E-state index in [0.717, 1.165) is 0 Å². The van der Waals surface area contributed by atoms with Crippen molar-refractivity contribution in [1.82, 2.24) is 0 Å². The van der Waals surface area contributed by atoms with E-state index < -0.39 is 37.2 Å². The summed E-state index contributed by atoms with van der Waals surface area (Å²) in [5, 5.41) is 0. The Kier molecular flexibility index (Phi) is 11.9. The van der Waals surface area contributed by atoms with Crippen LogP contribution in [0.5, 0.6) is 51.7 Å². The average molecular weight is 673 g/mol. The Morgan fingerprint density at radius 3 is 1.38 bits per heavy atom. The number of carbonyl (C=O) groups is 3. The van der Waals surface area contributed by atoms with Crippen molar-refractivity contribution in [1.29, 1.82) is 0 Å². The smallest absolute Gasteiger partial charge is 0.338 e. The minimum atomic E-state index is -1.27. The Morgan fingerprint density at radius 1 is 0.542 bits per heavy atom. The topological polar surface area (TPSA) is 162 Å². The van der Waals surface area contributed by atoms with Crippen molar-refractivity contribution in [2.24, 2.45) is 0 Å². The third-order valence-electron chi connectivity index (χ3n) is 6.94. The maximum Gasteiger partial charge on any atom is 0.338 e. The molecule has 3 aromatic rings. The summed E-state index contributed by atoms with van der Waals surface area (Å²) in [7, 11) is 9.85. The molecule has 0 aromatic heterocycles. The number of carbonyl (C=O) groups excluding carboxylic acids is 3. The van der Waals surface area contributed by atoms with Crippen molar-refractivity contribution in [3.8, 4) is 51.7 Å². The lowest BCUT2D eigenvalue weighted by Gasteiger charge is -2.22. The molecule has 0 amide bonds. The zero-order valence-electron chi connectivity index (χ0n) is 27.5. The normalized spacial score (nSPS) is 12.1. The van der Waals surface area contributed by atoms with Crippen LogP contribution in [0.15, 0.2) is 36.4 Å². The standard InChI is InChI=1S/C33H36O15/c1-37-22-10-18(11-23(38-2)28(22)42-6)31(34)46-16-21(48-33(36)20-13-24(39-3)29(43-7)25(14-20)40-4)17-47-32(35)19-12-26(41-5)30-27(15-19)44-8-9-45-30/h10-15,21H,8-9,16-17H2,1-7H3. The van der Waals surface area contributed by atoms with Gasteiger partial charge in [-0.15, -0.1) is 0 Å². The van der Waals surface area contributed by atoms with Crippen LogP contribution >= 0.6 is 0 Å². The van der Waals surface area contributed by atoms with Gasteiger partial charge in [-0.05, 0) is 36.4 Å². The van der Waals surface area contributed by atoms with Crippen LogP contribution in [0.1, 0.15) is 31.1 Å². The molecule has 15 heteroatoms. The third-order valence-corrected chi connectivity index (χ3v) is 6.94. The molecular weight excluding hydrogens is 636 g/mol. The van der Waals surface area contributed by atoms with Gasteiger partial charge in [-0.1, -0.05) is 0 Å². The molecule has 48 heavy (non-hydrogen) atoms. The van der Waals surface area contributed by atoms with E-state index in [1.54, 1.807) is 0 Å². The second-order valence-corrected chi connectivity index (χ2v) is 9.75. The molecule has 0 aliphatic carbocycles. The summed E-state index contributed by atoms with van der Waals surface area (Å²) < 4.78 is 65.1. The number of ether oxygens (including phenoxy) is 12. The van der Waals surface area contributed by atoms with Crippen molar-refractivity contribution in [3.05, 3.63) is 53.1 Å². The summed E-state index contributed by atoms with van der Waals surface area (Å²) in [4.78, 5) is 39.6. The van der Waals surface area contributed by atoms with Crippen LogP contribution in [-0.2, 0) is 14.2 Å². The number of fused-ring (bicyclic) bond motifs is 1. The molecule has 0 N–H and O–H groups in total. The molecule has 1 unspecified atom stereocenters. The zero-order valence-corrected chi connectivity index (χ0v) is 27.5. The number of esters is 3. The van der Waals surface area contributed by atoms with Crippen LogP contribution < -0.4 is 42.6 Å². The summed E-state index contributed by atoms with van der Waals surface area (Å²) in [5.41, 5.74) is 0.160. The molecule has 258 valence electrons. The average Bonchev–Trinajstić information content (AvgIpc) is 3.13. The summed E-state index contributed by atoms with van der Waals surface area (Å²) in [6.07, 6.45) is -1.27. The lowest BCUT2D eigenvalue weighted by atomic mass is 10.1. The number of hydrogen-bond donors (Lipinski definition) is 0. The summed E-state index contributed by atoms with van der Waals surface area (Å²) in [6, 6.07) is 8.44. The summed E-state index contributed by atoms with van der Waals surface area (Å²) in [5.74, 6) is -0.164. The maximum absolute atomic E-state index is 13.4. The van der Waals surface area contributed by atoms with E-state index in [9.17, 15) is 14.4 Å². The van der Waals surface area contributed by atoms with Gasteiger partial charge in [-0.25, -0.2) is 14.4 Å². The van der Waals surface area contributed by atoms with Crippen molar-refractivity contribution >= 4 is 17.9 Å². The van der Waals surface area contributed by atoms with E-state index in [1.807, 2.05) is 0 Å². The van der Waals surface area contributed by atoms with Gasteiger partial charge in [-0.2, -0.15) is 0 Å². The second-order valence-electron chi connectivity index (χ2n) is 9.75. The van der Waals surface area contributed by atoms with Crippen molar-refractivity contribution in [2.75, 3.05) is 76.2 Å². The van der Waals surface area contributed by atoms with Crippen LogP contribution in [-0.4, -0.2) is 100 Å². The summed E-state index contributed by atoms with van der Waals surface area (Å²) >= 11 is 0. The fourth-order valence-corrected chi connectivity index (χ4v) is 4.63. The van der Waals surface area contributed by atoms with Crippen LogP contribution in [0.2, 0.25) is 0 Å². The third kappa shape index (κ3) is 7.79. The molecule has 1 aliphatic rings. The molecule has 1 heterocycles. The quantitative estimate of drug-likeness (QED) is 0.169. The van der Waals surface area contributed by atoms with Crippen molar-refractivity contribution < 1.29 is 71.2 Å². The van der Waals surface area contributed by atoms with Gasteiger partial charge in [0.15, 0.2) is 40.6 Å². The monoisotopic (exact) mass is 672 g/mol. The minimum absolute atomic E-state index is 0.0216. The van der Waals surface area contributed by atoms with Crippen molar-refractivity contribution in [3.63, 3.8) is 0 Å². The van der Waals surface area contributed by atoms with Gasteiger partial charge in [0.1, 0.15) is 26.4 Å². The van der Waals surface area contributed by atoms with E-state index in [-0.39, 0.29) is 63.5 Å². The van der Waals surface area contributed by atoms with Crippen LogP contribution in [0.4, 0.5) is 0 Å². The molecule has 1 aliphatic heterocycles. The predicted octanol–water partition coefficient (Wildman–Crippen LogP) is 3.76. The van der Waals surface area contributed by atoms with Crippen molar-refractivity contribution in [2.45, 2.75) is 6.10 Å². The molecular formula is C33H36O15. The molecule has 0 saturated heterocycles. The Morgan fingerprint density at radius 2 is 0.938 bits per heavy atom. The molecule has 4 rings (SSSR count). The highest BCUT2D eigenvalue weighted by molar-refractivity contribution is 5.93. The lowest BCUT2D eigenvalue weighted by Crippen LogP contribution is -2.31. The molecule has 15 nitrogen and oxygen atoms in total. The first kappa shape index (κ1) is 35.1. The Labute approximate surface area is 276 Å². The van der Waals surface area contributed by atoms with Crippen LogP contribution in [0, 0.1) is 0 Å². The molecule has 0 radical (unpaired) electrons. The van der Waals surface area contributed by atoms with Gasteiger partial charge in [-0.3, -0.25) is 0 Å². The Hall–Kier alpha value is -5.73. The number of hydrogen-bond acceptors (Lipinski definition) is 15. The van der Waals surface area contributed by atoms with E-state index in [1.165, 1.54) is 86.2 Å².